The zero-order valence-electron chi connectivity index (χ0n) is 17.2. The van der Waals surface area contributed by atoms with Crippen LogP contribution >= 0.6 is 11.3 Å². The van der Waals surface area contributed by atoms with Gasteiger partial charge < -0.3 is 9.32 Å². The van der Waals surface area contributed by atoms with Crippen molar-refractivity contribution in [3.63, 3.8) is 0 Å². The van der Waals surface area contributed by atoms with Crippen LogP contribution in [0.15, 0.2) is 34.1 Å². The van der Waals surface area contributed by atoms with Crippen molar-refractivity contribution < 1.29 is 9.21 Å². The second kappa shape index (κ2) is 7.83. The minimum atomic E-state index is -0.415. The number of aromatic nitrogens is 3. The van der Waals surface area contributed by atoms with Crippen molar-refractivity contribution >= 4 is 17.2 Å². The van der Waals surface area contributed by atoms with E-state index in [1.165, 1.54) is 16.9 Å². The Labute approximate surface area is 169 Å². The van der Waals surface area contributed by atoms with E-state index in [4.69, 9.17) is 4.42 Å². The fourth-order valence-corrected chi connectivity index (χ4v) is 3.60. The molecule has 0 aliphatic rings. The summed E-state index contributed by atoms with van der Waals surface area (Å²) in [4.78, 5) is 19.5. The predicted molar refractivity (Wildman–Crippen MR) is 110 cm³/mol. The lowest BCUT2D eigenvalue weighted by molar-refractivity contribution is 0.0526. The zero-order chi connectivity index (χ0) is 20.5. The van der Waals surface area contributed by atoms with Crippen molar-refractivity contribution in [2.24, 2.45) is 0 Å². The van der Waals surface area contributed by atoms with Gasteiger partial charge >= 0.3 is 0 Å². The van der Waals surface area contributed by atoms with Gasteiger partial charge in [0.25, 0.3) is 5.91 Å². The third kappa shape index (κ3) is 4.47. The molecule has 148 valence electrons. The molecule has 2 heterocycles. The monoisotopic (exact) mass is 398 g/mol. The lowest BCUT2D eigenvalue weighted by Gasteiger charge is -2.34. The van der Waals surface area contributed by atoms with Crippen LogP contribution in [0.5, 0.6) is 0 Å². The van der Waals surface area contributed by atoms with Gasteiger partial charge in [0.05, 0.1) is 6.54 Å². The molecule has 0 unspecified atom stereocenters. The lowest BCUT2D eigenvalue weighted by atomic mass is 10.0. The molecule has 1 amide bonds. The molecule has 2 aromatic heterocycles. The maximum atomic E-state index is 13.2. The highest BCUT2D eigenvalue weighted by Crippen LogP contribution is 2.28. The SMILES string of the molecule is Cc1nnc(CN(C(=O)c2csc(-c3ccc(C(C)C)cc3)n2)C(C)(C)C)o1. The van der Waals surface area contributed by atoms with Gasteiger partial charge in [-0.25, -0.2) is 4.98 Å². The molecule has 0 bridgehead atoms. The molecule has 0 atom stereocenters. The molecule has 0 aliphatic carbocycles. The molecule has 0 saturated carbocycles. The van der Waals surface area contributed by atoms with Crippen molar-refractivity contribution in [2.45, 2.75) is 59.5 Å². The number of hydrogen-bond acceptors (Lipinski definition) is 6. The van der Waals surface area contributed by atoms with Gasteiger partial charge in [0, 0.05) is 23.4 Å². The Bertz CT molecular complexity index is 951. The number of amides is 1. The summed E-state index contributed by atoms with van der Waals surface area (Å²) in [5, 5.41) is 10.5. The molecule has 3 aromatic rings. The Morgan fingerprint density at radius 2 is 1.86 bits per heavy atom. The molecule has 6 nitrogen and oxygen atoms in total. The highest BCUT2D eigenvalue weighted by atomic mass is 32.1. The minimum Gasteiger partial charge on any atom is -0.424 e. The largest absolute Gasteiger partial charge is 0.424 e. The Morgan fingerprint density at radius 1 is 1.18 bits per heavy atom. The summed E-state index contributed by atoms with van der Waals surface area (Å²) in [7, 11) is 0. The van der Waals surface area contributed by atoms with Gasteiger partial charge in [-0.1, -0.05) is 38.1 Å². The summed E-state index contributed by atoms with van der Waals surface area (Å²) < 4.78 is 5.47. The number of nitrogens with zero attached hydrogens (tertiary/aromatic N) is 4. The molecule has 0 saturated heterocycles. The van der Waals surface area contributed by atoms with Gasteiger partial charge in [-0.3, -0.25) is 4.79 Å². The second-order valence-electron chi connectivity index (χ2n) is 8.09. The van der Waals surface area contributed by atoms with Gasteiger partial charge in [-0.15, -0.1) is 21.5 Å². The normalized spacial score (nSPS) is 11.8. The van der Waals surface area contributed by atoms with Gasteiger partial charge in [-0.05, 0) is 32.3 Å². The summed E-state index contributed by atoms with van der Waals surface area (Å²) >= 11 is 1.47. The number of carbonyl (C=O) groups excluding carboxylic acids is 1. The molecular weight excluding hydrogens is 372 g/mol. The quantitative estimate of drug-likeness (QED) is 0.600. The molecule has 1 aromatic carbocycles. The van der Waals surface area contributed by atoms with Gasteiger partial charge in [0.15, 0.2) is 0 Å². The highest BCUT2D eigenvalue weighted by Gasteiger charge is 2.30. The van der Waals surface area contributed by atoms with Crippen molar-refractivity contribution in [1.29, 1.82) is 0 Å². The molecule has 28 heavy (non-hydrogen) atoms. The van der Waals surface area contributed by atoms with E-state index >= 15 is 0 Å². The number of aryl methyl sites for hydroxylation is 1. The van der Waals surface area contributed by atoms with Crippen LogP contribution in [0.25, 0.3) is 10.6 Å². The minimum absolute atomic E-state index is 0.148. The average molecular weight is 399 g/mol. The number of hydrogen-bond donors (Lipinski definition) is 0. The Kier molecular flexibility index (Phi) is 5.65. The fourth-order valence-electron chi connectivity index (χ4n) is 2.80. The molecule has 0 N–H and O–H groups in total. The summed E-state index contributed by atoms with van der Waals surface area (Å²) in [6.07, 6.45) is 0. The molecule has 0 fully saturated rings. The van der Waals surface area contributed by atoms with Gasteiger partial charge in [0.2, 0.25) is 11.8 Å². The van der Waals surface area contributed by atoms with Crippen LogP contribution in [0.4, 0.5) is 0 Å². The Balaban J connectivity index is 1.84. The first-order chi connectivity index (χ1) is 13.1. The van der Waals surface area contributed by atoms with E-state index in [9.17, 15) is 4.79 Å². The summed E-state index contributed by atoms with van der Waals surface area (Å²) in [5.74, 6) is 1.23. The first kappa shape index (κ1) is 20.2. The number of benzene rings is 1. The van der Waals surface area contributed by atoms with Crippen LogP contribution in [-0.4, -0.2) is 31.5 Å². The zero-order valence-corrected chi connectivity index (χ0v) is 18.0. The van der Waals surface area contributed by atoms with Crippen LogP contribution in [0.2, 0.25) is 0 Å². The van der Waals surface area contributed by atoms with Crippen molar-refractivity contribution in [2.75, 3.05) is 0 Å². The Morgan fingerprint density at radius 3 is 2.39 bits per heavy atom. The van der Waals surface area contributed by atoms with E-state index in [1.807, 2.05) is 26.2 Å². The maximum Gasteiger partial charge on any atom is 0.274 e. The topological polar surface area (TPSA) is 72.1 Å². The number of carbonyl (C=O) groups is 1. The third-order valence-electron chi connectivity index (χ3n) is 4.46. The smallest absolute Gasteiger partial charge is 0.274 e. The second-order valence-corrected chi connectivity index (χ2v) is 8.95. The molecule has 0 radical (unpaired) electrons. The predicted octanol–water partition coefficient (Wildman–Crippen LogP) is 5.07. The molecule has 0 spiro atoms. The first-order valence-electron chi connectivity index (χ1n) is 9.32. The van der Waals surface area contributed by atoms with Crippen LogP contribution in [-0.2, 0) is 6.54 Å². The van der Waals surface area contributed by atoms with Gasteiger partial charge in [0.1, 0.15) is 10.7 Å². The van der Waals surface area contributed by atoms with Crippen molar-refractivity contribution in [3.05, 3.63) is 52.7 Å². The average Bonchev–Trinajstić information content (AvgIpc) is 3.27. The fraction of sp³-hybridized carbons (Fsp3) is 0.429. The van der Waals surface area contributed by atoms with Crippen LogP contribution in [0.1, 0.15) is 68.4 Å². The summed E-state index contributed by atoms with van der Waals surface area (Å²) in [6, 6.07) is 8.35. The molecule has 3 rings (SSSR count). The number of thiazole rings is 1. The molecule has 0 aliphatic heterocycles. The maximum absolute atomic E-state index is 13.2. The van der Waals surface area contributed by atoms with E-state index in [-0.39, 0.29) is 12.5 Å². The summed E-state index contributed by atoms with van der Waals surface area (Å²) in [5.41, 5.74) is 2.31. The van der Waals surface area contributed by atoms with E-state index in [0.717, 1.165) is 10.6 Å². The highest BCUT2D eigenvalue weighted by molar-refractivity contribution is 7.13. The molecule has 7 heteroatoms. The van der Waals surface area contributed by atoms with E-state index in [0.29, 0.717) is 23.4 Å². The van der Waals surface area contributed by atoms with Crippen LogP contribution in [0, 0.1) is 6.92 Å². The Hall–Kier alpha value is -2.54. The van der Waals surface area contributed by atoms with E-state index in [1.54, 1.807) is 11.8 Å². The summed E-state index contributed by atoms with van der Waals surface area (Å²) in [6.45, 7) is 12.3. The van der Waals surface area contributed by atoms with Crippen molar-refractivity contribution in [3.8, 4) is 10.6 Å². The van der Waals surface area contributed by atoms with Gasteiger partial charge in [-0.2, -0.15) is 0 Å². The van der Waals surface area contributed by atoms with Crippen molar-refractivity contribution in [1.82, 2.24) is 20.1 Å². The molecular formula is C21H26N4O2S. The number of rotatable bonds is 5. The lowest BCUT2D eigenvalue weighted by Crippen LogP contribution is -2.45. The first-order valence-corrected chi connectivity index (χ1v) is 10.2. The van der Waals surface area contributed by atoms with E-state index < -0.39 is 5.54 Å². The van der Waals surface area contributed by atoms with E-state index in [2.05, 4.69) is 53.3 Å². The van der Waals surface area contributed by atoms with Crippen LogP contribution in [0.3, 0.4) is 0 Å². The third-order valence-corrected chi connectivity index (χ3v) is 5.36. The van der Waals surface area contributed by atoms with Crippen LogP contribution < -0.4 is 0 Å². The standard InChI is InChI=1S/C21H26N4O2S/c1-13(2)15-7-9-16(10-8-15)19-22-17(12-28-19)20(26)25(21(4,5)6)11-18-24-23-14(3)27-18/h7-10,12-13H,11H2,1-6H3.